The first-order chi connectivity index (χ1) is 14.3. The monoisotopic (exact) mass is 404 g/mol. The van der Waals surface area contributed by atoms with Crippen molar-refractivity contribution in [2.45, 2.75) is 47.0 Å². The lowest BCUT2D eigenvalue weighted by atomic mass is 9.96. The topological polar surface area (TPSA) is 49.4 Å². The number of nitrogens with zero attached hydrogens (tertiary/aromatic N) is 1. The van der Waals surface area contributed by atoms with Crippen LogP contribution in [0.5, 0.6) is 0 Å². The van der Waals surface area contributed by atoms with Gasteiger partial charge in [0.2, 0.25) is 5.91 Å². The first kappa shape index (κ1) is 21.8. The molecular weight excluding hydrogens is 372 g/mol. The van der Waals surface area contributed by atoms with Gasteiger partial charge in [0.1, 0.15) is 0 Å². The van der Waals surface area contributed by atoms with Gasteiger partial charge in [0.25, 0.3) is 0 Å². The van der Waals surface area contributed by atoms with Gasteiger partial charge in [-0.05, 0) is 62.9 Å². The molecule has 4 nitrogen and oxygen atoms in total. The molecule has 0 bridgehead atoms. The van der Waals surface area contributed by atoms with Crippen LogP contribution < -0.4 is 10.2 Å². The molecule has 0 spiro atoms. The molecule has 158 valence electrons. The van der Waals surface area contributed by atoms with Crippen LogP contribution in [0.2, 0.25) is 0 Å². The van der Waals surface area contributed by atoms with Crippen LogP contribution in [-0.2, 0) is 16.0 Å². The number of anilines is 1. The Morgan fingerprint density at radius 1 is 0.933 bits per heavy atom. The number of carbonyl (C=O) groups excluding carboxylic acids is 2. The van der Waals surface area contributed by atoms with Crippen LogP contribution in [0.15, 0.2) is 48.0 Å². The summed E-state index contributed by atoms with van der Waals surface area (Å²) in [4.78, 5) is 27.0. The predicted molar refractivity (Wildman–Crippen MR) is 123 cm³/mol. The van der Waals surface area contributed by atoms with E-state index in [-0.39, 0.29) is 18.2 Å². The number of Topliss-reactive ketones (excluding diaryl/α,β-unsaturated/α-hetero) is 1. The average Bonchev–Trinajstić information content (AvgIpc) is 2.70. The highest BCUT2D eigenvalue weighted by Gasteiger charge is 2.16. The lowest BCUT2D eigenvalue weighted by molar-refractivity contribution is -0.124. The average molecular weight is 405 g/mol. The van der Waals surface area contributed by atoms with Crippen molar-refractivity contribution in [2.75, 3.05) is 24.5 Å². The van der Waals surface area contributed by atoms with Crippen LogP contribution in [0.25, 0.3) is 0 Å². The van der Waals surface area contributed by atoms with Crippen molar-refractivity contribution >= 4 is 17.4 Å². The zero-order chi connectivity index (χ0) is 21.7. The largest absolute Gasteiger partial charge is 0.367 e. The van der Waals surface area contributed by atoms with E-state index >= 15 is 0 Å². The molecule has 2 aromatic rings. The van der Waals surface area contributed by atoms with E-state index in [0.29, 0.717) is 12.8 Å². The summed E-state index contributed by atoms with van der Waals surface area (Å²) in [6, 6.07) is 12.7. The summed E-state index contributed by atoms with van der Waals surface area (Å²) >= 11 is 0. The highest BCUT2D eigenvalue weighted by Crippen LogP contribution is 2.21. The van der Waals surface area contributed by atoms with E-state index in [4.69, 9.17) is 0 Å². The number of hydrogen-bond acceptors (Lipinski definition) is 3. The van der Waals surface area contributed by atoms with E-state index < -0.39 is 0 Å². The molecular formula is C26H32N2O2. The van der Waals surface area contributed by atoms with Crippen molar-refractivity contribution < 1.29 is 9.59 Å². The van der Waals surface area contributed by atoms with E-state index in [1.54, 1.807) is 0 Å². The van der Waals surface area contributed by atoms with Gasteiger partial charge in [0.15, 0.2) is 5.78 Å². The van der Waals surface area contributed by atoms with Crippen LogP contribution >= 0.6 is 0 Å². The Balaban J connectivity index is 1.46. The molecule has 4 heteroatoms. The van der Waals surface area contributed by atoms with Crippen molar-refractivity contribution in [1.82, 2.24) is 5.32 Å². The van der Waals surface area contributed by atoms with Gasteiger partial charge < -0.3 is 10.2 Å². The van der Waals surface area contributed by atoms with Gasteiger partial charge >= 0.3 is 0 Å². The Bertz CT molecular complexity index is 934. The Morgan fingerprint density at radius 3 is 2.20 bits per heavy atom. The normalized spacial score (nSPS) is 13.7. The maximum absolute atomic E-state index is 12.4. The number of benzene rings is 2. The van der Waals surface area contributed by atoms with E-state index in [0.717, 1.165) is 41.8 Å². The standard InChI is InChI=1S/C26H32N2O2/c1-18-5-7-23(8-6-18)28-11-9-22(10-12-28)15-26(30)27-17-24(29)16-25-20(3)13-19(2)14-21(25)4/h5-9,13-14H,10-12,15-17H2,1-4H3,(H,27,30). The van der Waals surface area contributed by atoms with Gasteiger partial charge in [-0.1, -0.05) is 47.0 Å². The summed E-state index contributed by atoms with van der Waals surface area (Å²) in [7, 11) is 0. The molecule has 3 rings (SSSR count). The second-order valence-corrected chi connectivity index (χ2v) is 8.44. The smallest absolute Gasteiger partial charge is 0.224 e. The molecule has 1 aliphatic rings. The number of hydrogen-bond donors (Lipinski definition) is 1. The zero-order valence-electron chi connectivity index (χ0n) is 18.5. The lowest BCUT2D eigenvalue weighted by Gasteiger charge is -2.28. The van der Waals surface area contributed by atoms with Gasteiger partial charge in [-0.15, -0.1) is 0 Å². The second-order valence-electron chi connectivity index (χ2n) is 8.44. The molecule has 0 aromatic heterocycles. The quantitative estimate of drug-likeness (QED) is 0.697. The predicted octanol–water partition coefficient (Wildman–Crippen LogP) is 4.37. The molecule has 0 saturated carbocycles. The van der Waals surface area contributed by atoms with E-state index in [9.17, 15) is 9.59 Å². The Kier molecular flexibility index (Phi) is 7.09. The summed E-state index contributed by atoms with van der Waals surface area (Å²) in [6.07, 6.45) is 3.75. The van der Waals surface area contributed by atoms with Crippen molar-refractivity contribution in [3.63, 3.8) is 0 Å². The molecule has 1 aliphatic heterocycles. The Morgan fingerprint density at radius 2 is 1.60 bits per heavy atom. The van der Waals surface area contributed by atoms with Gasteiger partial charge in [-0.3, -0.25) is 9.59 Å². The fourth-order valence-electron chi connectivity index (χ4n) is 4.08. The molecule has 0 fully saturated rings. The third kappa shape index (κ3) is 5.82. The summed E-state index contributed by atoms with van der Waals surface area (Å²) < 4.78 is 0. The molecule has 1 heterocycles. The van der Waals surface area contributed by atoms with E-state index in [1.165, 1.54) is 16.8 Å². The number of rotatable bonds is 7. The summed E-state index contributed by atoms with van der Waals surface area (Å²) in [5.74, 6) is -0.0303. The van der Waals surface area contributed by atoms with Crippen molar-refractivity contribution in [1.29, 1.82) is 0 Å². The van der Waals surface area contributed by atoms with Crippen LogP contribution in [0.3, 0.4) is 0 Å². The van der Waals surface area contributed by atoms with Crippen LogP contribution in [0, 0.1) is 27.7 Å². The number of carbonyl (C=O) groups is 2. The Labute approximate surface area is 180 Å². The SMILES string of the molecule is Cc1ccc(N2CC=C(CC(=O)NCC(=O)Cc3c(C)cc(C)cc3C)CC2)cc1. The number of ketones is 1. The minimum absolute atomic E-state index is 0.0431. The van der Waals surface area contributed by atoms with Gasteiger partial charge in [0, 0.05) is 31.6 Å². The first-order valence-corrected chi connectivity index (χ1v) is 10.7. The molecule has 0 unspecified atom stereocenters. The Hall–Kier alpha value is -2.88. The van der Waals surface area contributed by atoms with Gasteiger partial charge in [0.05, 0.1) is 6.54 Å². The van der Waals surface area contributed by atoms with Crippen molar-refractivity contribution in [3.8, 4) is 0 Å². The molecule has 30 heavy (non-hydrogen) atoms. The molecule has 1 N–H and O–H groups in total. The highest BCUT2D eigenvalue weighted by molar-refractivity contribution is 5.88. The lowest BCUT2D eigenvalue weighted by Crippen LogP contribution is -2.33. The minimum Gasteiger partial charge on any atom is -0.367 e. The fraction of sp³-hybridized carbons (Fsp3) is 0.385. The molecule has 1 amide bonds. The van der Waals surface area contributed by atoms with Crippen LogP contribution in [0.1, 0.15) is 40.7 Å². The number of nitrogens with one attached hydrogen (secondary N) is 1. The summed E-state index contributed by atoms with van der Waals surface area (Å²) in [6.45, 7) is 10.0. The summed E-state index contributed by atoms with van der Waals surface area (Å²) in [5, 5.41) is 2.81. The summed E-state index contributed by atoms with van der Waals surface area (Å²) in [5.41, 5.74) is 8.17. The van der Waals surface area contributed by atoms with E-state index in [1.807, 2.05) is 13.8 Å². The molecule has 0 radical (unpaired) electrons. The highest BCUT2D eigenvalue weighted by atomic mass is 16.2. The zero-order valence-corrected chi connectivity index (χ0v) is 18.5. The molecule has 2 aromatic carbocycles. The third-order valence-corrected chi connectivity index (χ3v) is 5.79. The van der Waals surface area contributed by atoms with Gasteiger partial charge in [-0.2, -0.15) is 0 Å². The van der Waals surface area contributed by atoms with Crippen molar-refractivity contribution in [2.24, 2.45) is 0 Å². The second kappa shape index (κ2) is 9.75. The maximum Gasteiger partial charge on any atom is 0.224 e. The van der Waals surface area contributed by atoms with Crippen LogP contribution in [0.4, 0.5) is 5.69 Å². The molecule has 0 saturated heterocycles. The van der Waals surface area contributed by atoms with E-state index in [2.05, 4.69) is 66.5 Å². The molecule has 0 atom stereocenters. The molecule has 0 aliphatic carbocycles. The van der Waals surface area contributed by atoms with Crippen molar-refractivity contribution in [3.05, 3.63) is 75.9 Å². The third-order valence-electron chi connectivity index (χ3n) is 5.79. The number of amides is 1. The first-order valence-electron chi connectivity index (χ1n) is 10.7. The number of aryl methyl sites for hydroxylation is 4. The minimum atomic E-state index is -0.0734. The maximum atomic E-state index is 12.4. The van der Waals surface area contributed by atoms with Crippen LogP contribution in [-0.4, -0.2) is 31.3 Å². The fourth-order valence-corrected chi connectivity index (χ4v) is 4.08. The van der Waals surface area contributed by atoms with Gasteiger partial charge in [-0.25, -0.2) is 0 Å².